The van der Waals surface area contributed by atoms with E-state index < -0.39 is 4.92 Å². The van der Waals surface area contributed by atoms with Crippen molar-refractivity contribution < 1.29 is 14.5 Å². The van der Waals surface area contributed by atoms with Gasteiger partial charge in [-0.05, 0) is 30.3 Å². The maximum Gasteiger partial charge on any atom is 0.287 e. The summed E-state index contributed by atoms with van der Waals surface area (Å²) in [6.07, 6.45) is 1.25. The molecule has 0 radical (unpaired) electrons. The molecular formula is C20H19N5O4S. The number of hydrogen-bond donors (Lipinski definition) is 0. The van der Waals surface area contributed by atoms with Crippen LogP contribution in [0.1, 0.15) is 10.5 Å². The number of nitro groups is 1. The number of methoxy groups -OCH3 is 1. The van der Waals surface area contributed by atoms with Crippen LogP contribution in [0.2, 0.25) is 0 Å². The fourth-order valence-corrected chi connectivity index (χ4v) is 4.01. The van der Waals surface area contributed by atoms with Crippen molar-refractivity contribution in [3.63, 3.8) is 0 Å². The van der Waals surface area contributed by atoms with Crippen LogP contribution in [0.5, 0.6) is 5.75 Å². The summed E-state index contributed by atoms with van der Waals surface area (Å²) in [4.78, 5) is 35.6. The van der Waals surface area contributed by atoms with E-state index in [4.69, 9.17) is 4.74 Å². The Balaban J connectivity index is 1.38. The van der Waals surface area contributed by atoms with E-state index in [0.717, 1.165) is 16.3 Å². The molecule has 30 heavy (non-hydrogen) atoms. The highest BCUT2D eigenvalue weighted by Gasteiger charge is 2.25. The predicted octanol–water partition coefficient (Wildman–Crippen LogP) is 3.08. The maximum absolute atomic E-state index is 12.8. The number of pyridine rings is 1. The molecule has 3 heterocycles. The van der Waals surface area contributed by atoms with Gasteiger partial charge in [0.25, 0.3) is 11.6 Å². The van der Waals surface area contributed by atoms with E-state index in [-0.39, 0.29) is 11.6 Å². The van der Waals surface area contributed by atoms with Crippen LogP contribution in [0.15, 0.2) is 48.0 Å². The number of piperazine rings is 1. The van der Waals surface area contributed by atoms with Crippen molar-refractivity contribution in [2.45, 2.75) is 0 Å². The van der Waals surface area contributed by atoms with E-state index in [9.17, 15) is 14.9 Å². The molecule has 4 rings (SSSR count). The highest BCUT2D eigenvalue weighted by molar-refractivity contribution is 7.13. The third-order valence-electron chi connectivity index (χ3n) is 4.89. The molecular weight excluding hydrogens is 406 g/mol. The van der Waals surface area contributed by atoms with Crippen molar-refractivity contribution in [3.8, 4) is 16.3 Å². The van der Waals surface area contributed by atoms with E-state index in [2.05, 4.69) is 9.97 Å². The molecule has 0 atom stereocenters. The molecule has 1 amide bonds. The zero-order valence-electron chi connectivity index (χ0n) is 16.2. The van der Waals surface area contributed by atoms with Crippen molar-refractivity contribution in [2.24, 2.45) is 0 Å². The Kier molecular flexibility index (Phi) is 5.57. The van der Waals surface area contributed by atoms with E-state index in [1.807, 2.05) is 29.2 Å². The third-order valence-corrected chi connectivity index (χ3v) is 5.79. The molecule has 1 aliphatic heterocycles. The molecule has 3 aromatic rings. The number of rotatable bonds is 5. The lowest BCUT2D eigenvalue weighted by Gasteiger charge is -2.35. The van der Waals surface area contributed by atoms with Crippen LogP contribution in [-0.2, 0) is 0 Å². The molecule has 0 unspecified atom stereocenters. The van der Waals surface area contributed by atoms with Crippen molar-refractivity contribution in [3.05, 3.63) is 63.8 Å². The van der Waals surface area contributed by atoms with E-state index in [1.165, 1.54) is 23.6 Å². The van der Waals surface area contributed by atoms with Crippen molar-refractivity contribution in [1.82, 2.24) is 14.9 Å². The topological polar surface area (TPSA) is 102 Å². The van der Waals surface area contributed by atoms with E-state index in [1.54, 1.807) is 23.5 Å². The molecule has 154 valence electrons. The zero-order chi connectivity index (χ0) is 21.1. The minimum Gasteiger partial charge on any atom is -0.497 e. The number of carbonyl (C=O) groups is 1. The molecule has 0 aliphatic carbocycles. The minimum absolute atomic E-state index is 0.0382. The van der Waals surface area contributed by atoms with Crippen LogP contribution >= 0.6 is 11.3 Å². The normalized spacial score (nSPS) is 13.9. The molecule has 2 aromatic heterocycles. The van der Waals surface area contributed by atoms with Crippen molar-refractivity contribution in [1.29, 1.82) is 0 Å². The lowest BCUT2D eigenvalue weighted by Crippen LogP contribution is -2.49. The van der Waals surface area contributed by atoms with Gasteiger partial charge in [0.05, 0.1) is 12.0 Å². The number of thiazole rings is 1. The quantitative estimate of drug-likeness (QED) is 0.457. The molecule has 0 spiro atoms. The summed E-state index contributed by atoms with van der Waals surface area (Å²) in [6, 6.07) is 10.6. The molecule has 0 bridgehead atoms. The molecule has 1 aliphatic rings. The Hall–Kier alpha value is -3.53. The average molecular weight is 425 g/mol. The first-order valence-corrected chi connectivity index (χ1v) is 10.2. The number of anilines is 1. The van der Waals surface area contributed by atoms with Gasteiger partial charge in [-0.2, -0.15) is 0 Å². The largest absolute Gasteiger partial charge is 0.497 e. The zero-order valence-corrected chi connectivity index (χ0v) is 17.0. The van der Waals surface area contributed by atoms with Gasteiger partial charge in [-0.3, -0.25) is 14.9 Å². The van der Waals surface area contributed by atoms with Gasteiger partial charge in [0, 0.05) is 43.2 Å². The SMILES string of the molecule is COc1ccc(-c2nc(C(=O)N3CCN(c4ccc([N+](=O)[O-])cn4)CC3)cs2)cc1. The number of hydrogen-bond acceptors (Lipinski definition) is 8. The number of ether oxygens (including phenoxy) is 1. The highest BCUT2D eigenvalue weighted by atomic mass is 32.1. The number of aromatic nitrogens is 2. The molecule has 9 nitrogen and oxygen atoms in total. The lowest BCUT2D eigenvalue weighted by atomic mass is 10.2. The van der Waals surface area contributed by atoms with Gasteiger partial charge in [-0.1, -0.05) is 0 Å². The molecule has 0 saturated carbocycles. The Bertz CT molecular complexity index is 1040. The van der Waals surface area contributed by atoms with E-state index in [0.29, 0.717) is 37.7 Å². The molecule has 0 N–H and O–H groups in total. The summed E-state index contributed by atoms with van der Waals surface area (Å²) >= 11 is 1.43. The number of benzene rings is 1. The average Bonchev–Trinajstić information content (AvgIpc) is 3.29. The predicted molar refractivity (Wildman–Crippen MR) is 113 cm³/mol. The van der Waals surface area contributed by atoms with Crippen LogP contribution < -0.4 is 9.64 Å². The van der Waals surface area contributed by atoms with Crippen LogP contribution in [0.3, 0.4) is 0 Å². The van der Waals surface area contributed by atoms with Crippen molar-refractivity contribution in [2.75, 3.05) is 38.2 Å². The number of amides is 1. The number of carbonyl (C=O) groups excluding carboxylic acids is 1. The van der Waals surface area contributed by atoms with Gasteiger partial charge < -0.3 is 14.5 Å². The van der Waals surface area contributed by atoms with Gasteiger partial charge in [-0.25, -0.2) is 9.97 Å². The van der Waals surface area contributed by atoms with Crippen LogP contribution in [0.4, 0.5) is 11.5 Å². The summed E-state index contributed by atoms with van der Waals surface area (Å²) in [7, 11) is 1.62. The van der Waals surface area contributed by atoms with Crippen LogP contribution in [-0.4, -0.2) is 59.0 Å². The van der Waals surface area contributed by atoms with Gasteiger partial charge >= 0.3 is 0 Å². The Morgan fingerprint density at radius 1 is 1.13 bits per heavy atom. The third kappa shape index (κ3) is 4.08. The summed E-state index contributed by atoms with van der Waals surface area (Å²) in [5.41, 5.74) is 1.34. The molecule has 1 fully saturated rings. The summed E-state index contributed by atoms with van der Waals surface area (Å²) < 4.78 is 5.17. The smallest absolute Gasteiger partial charge is 0.287 e. The fourth-order valence-electron chi connectivity index (χ4n) is 3.21. The highest BCUT2D eigenvalue weighted by Crippen LogP contribution is 2.26. The van der Waals surface area contributed by atoms with Crippen molar-refractivity contribution >= 4 is 28.7 Å². The van der Waals surface area contributed by atoms with Gasteiger partial charge in [0.15, 0.2) is 0 Å². The molecule has 1 saturated heterocycles. The van der Waals surface area contributed by atoms with E-state index >= 15 is 0 Å². The van der Waals surface area contributed by atoms with Crippen LogP contribution in [0.25, 0.3) is 10.6 Å². The first-order chi connectivity index (χ1) is 14.5. The Labute approximate surface area is 176 Å². The first kappa shape index (κ1) is 19.8. The second-order valence-electron chi connectivity index (χ2n) is 6.68. The Morgan fingerprint density at radius 2 is 1.87 bits per heavy atom. The monoisotopic (exact) mass is 425 g/mol. The second kappa shape index (κ2) is 8.46. The lowest BCUT2D eigenvalue weighted by molar-refractivity contribution is -0.385. The summed E-state index contributed by atoms with van der Waals surface area (Å²) in [5.74, 6) is 1.34. The second-order valence-corrected chi connectivity index (χ2v) is 7.54. The fraction of sp³-hybridized carbons (Fsp3) is 0.250. The van der Waals surface area contributed by atoms with Gasteiger partial charge in [0.2, 0.25) is 0 Å². The molecule has 10 heteroatoms. The summed E-state index contributed by atoms with van der Waals surface area (Å²) in [6.45, 7) is 2.28. The maximum atomic E-state index is 12.8. The van der Waals surface area contributed by atoms with Gasteiger partial charge in [-0.15, -0.1) is 11.3 Å². The van der Waals surface area contributed by atoms with Gasteiger partial charge in [0.1, 0.15) is 28.5 Å². The first-order valence-electron chi connectivity index (χ1n) is 9.30. The standard InChI is InChI=1S/C20H19N5O4S/c1-29-16-5-2-14(3-6-16)19-22-17(13-30-19)20(26)24-10-8-23(9-11-24)18-7-4-15(12-21-18)25(27)28/h2-7,12-13H,8-11H2,1H3. The Morgan fingerprint density at radius 3 is 2.47 bits per heavy atom. The molecule has 1 aromatic carbocycles. The summed E-state index contributed by atoms with van der Waals surface area (Å²) in [5, 5.41) is 13.3. The minimum atomic E-state index is -0.471. The van der Waals surface area contributed by atoms with Crippen LogP contribution in [0, 0.1) is 10.1 Å². The number of nitrogens with zero attached hydrogens (tertiary/aromatic N) is 5.